The van der Waals surface area contributed by atoms with Crippen LogP contribution in [-0.4, -0.2) is 29.2 Å². The molecule has 8 nitrogen and oxygen atoms in total. The molecule has 0 aromatic rings. The van der Waals surface area contributed by atoms with E-state index >= 15 is 0 Å². The lowest BCUT2D eigenvalue weighted by molar-refractivity contribution is -0.148. The summed E-state index contributed by atoms with van der Waals surface area (Å²) in [5, 5.41) is 8.45. The maximum Gasteiger partial charge on any atom is 0.435 e. The van der Waals surface area contributed by atoms with Gasteiger partial charge in [-0.2, -0.15) is 0 Å². The van der Waals surface area contributed by atoms with Gasteiger partial charge in [-0.25, -0.2) is 10.0 Å². The van der Waals surface area contributed by atoms with Gasteiger partial charge in [0.15, 0.2) is 0 Å². The predicted molar refractivity (Wildman–Crippen MR) is 78.1 cm³/mol. The van der Waals surface area contributed by atoms with Crippen LogP contribution in [0, 0.1) is 10.8 Å². The van der Waals surface area contributed by atoms with E-state index in [4.69, 9.17) is 14.3 Å². The summed E-state index contributed by atoms with van der Waals surface area (Å²) in [6.07, 6.45) is -0.939. The highest BCUT2D eigenvalue weighted by Crippen LogP contribution is 2.51. The molecule has 0 radical (unpaired) electrons. The van der Waals surface area contributed by atoms with Gasteiger partial charge in [0.1, 0.15) is 0 Å². The summed E-state index contributed by atoms with van der Waals surface area (Å²) in [6, 6.07) is 0. The van der Waals surface area contributed by atoms with E-state index in [2.05, 4.69) is 0 Å². The van der Waals surface area contributed by atoms with Crippen molar-refractivity contribution in [2.45, 2.75) is 48.0 Å². The molecular formula is C13H24NO7P. The SMILES string of the molecule is CC(C)(C)C(=O)OP(=O)(CCC(=O)NO)OC(=O)C(C)(C)C. The van der Waals surface area contributed by atoms with E-state index in [1.54, 1.807) is 41.5 Å². The zero-order valence-corrected chi connectivity index (χ0v) is 14.7. The van der Waals surface area contributed by atoms with Gasteiger partial charge in [0.25, 0.3) is 0 Å². The summed E-state index contributed by atoms with van der Waals surface area (Å²) in [5.41, 5.74) is -0.547. The molecule has 1 amide bonds. The molecule has 0 atom stereocenters. The van der Waals surface area contributed by atoms with Crippen LogP contribution < -0.4 is 5.48 Å². The fraction of sp³-hybridized carbons (Fsp3) is 0.769. The average Bonchev–Trinajstić information content (AvgIpc) is 2.33. The Morgan fingerprint density at radius 1 is 0.955 bits per heavy atom. The lowest BCUT2D eigenvalue weighted by Gasteiger charge is -2.25. The smallest absolute Gasteiger partial charge is 0.382 e. The molecule has 9 heteroatoms. The Labute approximate surface area is 130 Å². The second-order valence-electron chi connectivity index (χ2n) is 6.88. The number of hydroxylamine groups is 1. The van der Waals surface area contributed by atoms with Crippen molar-refractivity contribution in [1.29, 1.82) is 0 Å². The minimum absolute atomic E-state index is 0.428. The molecule has 0 rings (SSSR count). The Morgan fingerprint density at radius 3 is 1.59 bits per heavy atom. The third-order valence-corrected chi connectivity index (χ3v) is 4.07. The third-order valence-electron chi connectivity index (χ3n) is 2.41. The molecule has 0 fully saturated rings. The van der Waals surface area contributed by atoms with Crippen molar-refractivity contribution in [3.05, 3.63) is 0 Å². The van der Waals surface area contributed by atoms with Gasteiger partial charge >= 0.3 is 19.5 Å². The van der Waals surface area contributed by atoms with Crippen molar-refractivity contribution in [1.82, 2.24) is 5.48 Å². The first-order chi connectivity index (χ1) is 9.71. The molecule has 0 spiro atoms. The molecular weight excluding hydrogens is 313 g/mol. The van der Waals surface area contributed by atoms with Crippen LogP contribution in [-0.2, 0) is 28.0 Å². The van der Waals surface area contributed by atoms with Crippen molar-refractivity contribution in [2.24, 2.45) is 10.8 Å². The highest BCUT2D eigenvalue weighted by Gasteiger charge is 2.39. The van der Waals surface area contributed by atoms with Gasteiger partial charge in [0.2, 0.25) is 5.91 Å². The van der Waals surface area contributed by atoms with E-state index < -0.39 is 48.9 Å². The zero-order valence-electron chi connectivity index (χ0n) is 13.8. The van der Waals surface area contributed by atoms with Crippen LogP contribution in [0.4, 0.5) is 0 Å². The second-order valence-corrected chi connectivity index (χ2v) is 8.91. The number of carbonyl (C=O) groups excluding carboxylic acids is 3. The normalized spacial score (nSPS) is 12.5. The van der Waals surface area contributed by atoms with Crippen LogP contribution in [0.25, 0.3) is 0 Å². The van der Waals surface area contributed by atoms with E-state index in [-0.39, 0.29) is 0 Å². The highest BCUT2D eigenvalue weighted by atomic mass is 31.2. The zero-order chi connectivity index (χ0) is 17.8. The highest BCUT2D eigenvalue weighted by molar-refractivity contribution is 7.55. The molecule has 0 aliphatic carbocycles. The van der Waals surface area contributed by atoms with Gasteiger partial charge in [-0.1, -0.05) is 0 Å². The lowest BCUT2D eigenvalue weighted by Crippen LogP contribution is -2.27. The van der Waals surface area contributed by atoms with Crippen LogP contribution in [0.3, 0.4) is 0 Å². The minimum atomic E-state index is -4.16. The topological polar surface area (TPSA) is 119 Å². The van der Waals surface area contributed by atoms with Crippen LogP contribution >= 0.6 is 7.60 Å². The largest absolute Gasteiger partial charge is 0.435 e. The molecule has 0 unspecified atom stereocenters. The fourth-order valence-electron chi connectivity index (χ4n) is 0.931. The first-order valence-corrected chi connectivity index (χ1v) is 8.44. The number of nitrogens with one attached hydrogen (secondary N) is 1. The number of hydrogen-bond acceptors (Lipinski definition) is 7. The van der Waals surface area contributed by atoms with E-state index in [9.17, 15) is 18.9 Å². The van der Waals surface area contributed by atoms with E-state index in [0.717, 1.165) is 0 Å². The van der Waals surface area contributed by atoms with Gasteiger partial charge in [-0.3, -0.25) is 19.6 Å². The van der Waals surface area contributed by atoms with Gasteiger partial charge in [-0.05, 0) is 41.5 Å². The Hall–Kier alpha value is -1.40. The van der Waals surface area contributed by atoms with Crippen LogP contribution in [0.2, 0.25) is 0 Å². The number of rotatable bonds is 5. The van der Waals surface area contributed by atoms with Crippen molar-refractivity contribution < 1.29 is 33.2 Å². The molecule has 0 aliphatic heterocycles. The Morgan fingerprint density at radius 2 is 1.32 bits per heavy atom. The average molecular weight is 337 g/mol. The quantitative estimate of drug-likeness (QED) is 0.448. The van der Waals surface area contributed by atoms with Crippen molar-refractivity contribution >= 4 is 25.4 Å². The molecule has 0 aromatic heterocycles. The second kappa shape index (κ2) is 7.24. The number of hydrogen-bond donors (Lipinski definition) is 2. The first kappa shape index (κ1) is 20.6. The maximum absolute atomic E-state index is 12.6. The van der Waals surface area contributed by atoms with Gasteiger partial charge in [0, 0.05) is 6.42 Å². The van der Waals surface area contributed by atoms with Gasteiger partial charge in [0.05, 0.1) is 17.0 Å². The van der Waals surface area contributed by atoms with E-state index in [1.165, 1.54) is 5.48 Å². The van der Waals surface area contributed by atoms with Crippen LogP contribution in [0.1, 0.15) is 48.0 Å². The van der Waals surface area contributed by atoms with Crippen LogP contribution in [0.15, 0.2) is 0 Å². The summed E-state index contributed by atoms with van der Waals surface area (Å²) < 4.78 is 22.4. The number of carbonyl (C=O) groups is 3. The Kier molecular flexibility index (Phi) is 6.78. The minimum Gasteiger partial charge on any atom is -0.382 e. The molecule has 0 aromatic carbocycles. The van der Waals surface area contributed by atoms with E-state index in [0.29, 0.717) is 0 Å². The van der Waals surface area contributed by atoms with Crippen molar-refractivity contribution in [3.8, 4) is 0 Å². The fourth-order valence-corrected chi connectivity index (χ4v) is 2.68. The standard InChI is InChI=1S/C13H24NO7P/c1-12(2,3)10(16)20-22(19,8-7-9(15)14-18)21-11(17)13(4,5)6/h18H,7-8H2,1-6H3,(H,14,15). The van der Waals surface area contributed by atoms with Crippen molar-refractivity contribution in [3.63, 3.8) is 0 Å². The number of amides is 1. The summed E-state index contributed by atoms with van der Waals surface area (Å²) >= 11 is 0. The van der Waals surface area contributed by atoms with Crippen molar-refractivity contribution in [2.75, 3.05) is 6.16 Å². The molecule has 0 bridgehead atoms. The summed E-state index contributed by atoms with van der Waals surface area (Å²) in [5.74, 6) is -2.47. The van der Waals surface area contributed by atoms with Crippen LogP contribution in [0.5, 0.6) is 0 Å². The molecule has 22 heavy (non-hydrogen) atoms. The Bertz CT molecular complexity index is 456. The Balaban J connectivity index is 5.22. The van der Waals surface area contributed by atoms with Gasteiger partial charge < -0.3 is 9.05 Å². The summed E-state index contributed by atoms with van der Waals surface area (Å²) in [4.78, 5) is 34.8. The summed E-state index contributed by atoms with van der Waals surface area (Å²) in [7, 11) is -4.16. The van der Waals surface area contributed by atoms with Gasteiger partial charge in [-0.15, -0.1) is 0 Å². The molecule has 2 N–H and O–H groups in total. The lowest BCUT2D eigenvalue weighted by atomic mass is 9.98. The molecule has 0 heterocycles. The predicted octanol–water partition coefficient (Wildman–Crippen LogP) is 2.25. The molecule has 128 valence electrons. The molecule has 0 saturated heterocycles. The monoisotopic (exact) mass is 337 g/mol. The first-order valence-electron chi connectivity index (χ1n) is 6.71. The maximum atomic E-state index is 12.6. The molecule has 0 aliphatic rings. The molecule has 0 saturated carbocycles. The third kappa shape index (κ3) is 7.04. The summed E-state index contributed by atoms with van der Waals surface area (Å²) in [6.45, 7) is 9.28. The van der Waals surface area contributed by atoms with E-state index in [1.807, 2.05) is 0 Å².